The first-order chi connectivity index (χ1) is 10.1. The van der Waals surface area contributed by atoms with Crippen molar-refractivity contribution in [1.82, 2.24) is 4.98 Å². The molecule has 1 aliphatic carbocycles. The Labute approximate surface area is 126 Å². The van der Waals surface area contributed by atoms with E-state index in [0.717, 1.165) is 24.2 Å². The number of aromatic carboxylic acids is 1. The van der Waals surface area contributed by atoms with Gasteiger partial charge in [-0.2, -0.15) is 0 Å². The normalized spacial score (nSPS) is 27.0. The van der Waals surface area contributed by atoms with Gasteiger partial charge in [0, 0.05) is 18.8 Å². The zero-order chi connectivity index (χ0) is 14.8. The molecule has 4 heteroatoms. The third-order valence-electron chi connectivity index (χ3n) is 5.21. The Morgan fingerprint density at radius 3 is 2.62 bits per heavy atom. The van der Waals surface area contributed by atoms with Gasteiger partial charge in [-0.05, 0) is 37.3 Å². The van der Waals surface area contributed by atoms with E-state index in [1.807, 2.05) is 6.07 Å². The van der Waals surface area contributed by atoms with Crippen LogP contribution in [0.4, 0.5) is 5.82 Å². The van der Waals surface area contributed by atoms with Crippen molar-refractivity contribution in [2.45, 2.75) is 51.5 Å². The van der Waals surface area contributed by atoms with E-state index < -0.39 is 5.97 Å². The molecule has 21 heavy (non-hydrogen) atoms. The van der Waals surface area contributed by atoms with Gasteiger partial charge in [0.2, 0.25) is 0 Å². The quantitative estimate of drug-likeness (QED) is 0.923. The molecule has 1 N–H and O–H groups in total. The summed E-state index contributed by atoms with van der Waals surface area (Å²) in [5.74, 6) is 1.67. The number of hydrogen-bond donors (Lipinski definition) is 1. The second-order valence-corrected chi connectivity index (χ2v) is 6.61. The van der Waals surface area contributed by atoms with Crippen molar-refractivity contribution < 1.29 is 9.90 Å². The van der Waals surface area contributed by atoms with Crippen molar-refractivity contribution in [1.29, 1.82) is 0 Å². The smallest absolute Gasteiger partial charge is 0.337 e. The van der Waals surface area contributed by atoms with Crippen LogP contribution in [0.1, 0.15) is 55.8 Å². The Morgan fingerprint density at radius 1 is 1.24 bits per heavy atom. The predicted molar refractivity (Wildman–Crippen MR) is 82.7 cm³/mol. The Hall–Kier alpha value is -1.58. The summed E-state index contributed by atoms with van der Waals surface area (Å²) in [5.41, 5.74) is 0.259. The fraction of sp³-hybridized carbons (Fsp3) is 0.647. The SMILES string of the molecule is CC1CC(C2CCCCC2)CN1c1ccc(C(=O)O)cn1. The van der Waals surface area contributed by atoms with Gasteiger partial charge >= 0.3 is 5.97 Å². The van der Waals surface area contributed by atoms with Crippen molar-refractivity contribution >= 4 is 11.8 Å². The topological polar surface area (TPSA) is 53.4 Å². The van der Waals surface area contributed by atoms with Gasteiger partial charge < -0.3 is 10.0 Å². The number of nitrogens with zero attached hydrogens (tertiary/aromatic N) is 2. The molecule has 0 bridgehead atoms. The molecule has 2 heterocycles. The molecule has 2 fully saturated rings. The summed E-state index contributed by atoms with van der Waals surface area (Å²) < 4.78 is 0. The summed E-state index contributed by atoms with van der Waals surface area (Å²) in [4.78, 5) is 17.6. The van der Waals surface area contributed by atoms with Gasteiger partial charge in [-0.15, -0.1) is 0 Å². The molecule has 3 rings (SSSR count). The average Bonchev–Trinajstić information content (AvgIpc) is 2.90. The summed E-state index contributed by atoms with van der Waals surface area (Å²) in [6.07, 6.45) is 9.67. The number of carboxylic acids is 1. The van der Waals surface area contributed by atoms with E-state index in [2.05, 4.69) is 16.8 Å². The van der Waals surface area contributed by atoms with Gasteiger partial charge in [0.25, 0.3) is 0 Å². The van der Waals surface area contributed by atoms with E-state index in [4.69, 9.17) is 5.11 Å². The van der Waals surface area contributed by atoms with Crippen molar-refractivity contribution in [3.05, 3.63) is 23.9 Å². The van der Waals surface area contributed by atoms with Gasteiger partial charge in [-0.1, -0.05) is 32.1 Å². The predicted octanol–water partition coefficient (Wildman–Crippen LogP) is 3.57. The molecule has 0 radical (unpaired) electrons. The van der Waals surface area contributed by atoms with Crippen LogP contribution < -0.4 is 4.90 Å². The number of anilines is 1. The first kappa shape index (κ1) is 14.4. The summed E-state index contributed by atoms with van der Waals surface area (Å²) in [7, 11) is 0. The summed E-state index contributed by atoms with van der Waals surface area (Å²) in [6.45, 7) is 3.33. The fourth-order valence-corrected chi connectivity index (χ4v) is 4.02. The van der Waals surface area contributed by atoms with E-state index in [-0.39, 0.29) is 5.56 Å². The standard InChI is InChI=1S/C17H24N2O2/c1-12-9-15(13-5-3-2-4-6-13)11-19(12)16-8-7-14(10-18-16)17(20)21/h7-8,10,12-13,15H,2-6,9,11H2,1H3,(H,20,21). The maximum absolute atomic E-state index is 10.9. The third kappa shape index (κ3) is 3.04. The van der Waals surface area contributed by atoms with E-state index in [1.54, 1.807) is 6.07 Å². The molecule has 1 saturated heterocycles. The van der Waals surface area contributed by atoms with Crippen LogP contribution in [0.3, 0.4) is 0 Å². The molecule has 4 nitrogen and oxygen atoms in total. The number of aromatic nitrogens is 1. The molecule has 1 aliphatic heterocycles. The second kappa shape index (κ2) is 6.04. The molecule has 1 aromatic heterocycles. The molecule has 0 amide bonds. The van der Waals surface area contributed by atoms with E-state index in [1.165, 1.54) is 44.7 Å². The molecular weight excluding hydrogens is 264 g/mol. The Kier molecular flexibility index (Phi) is 4.13. The Bertz CT molecular complexity index is 494. The minimum absolute atomic E-state index is 0.259. The molecule has 2 unspecified atom stereocenters. The first-order valence-electron chi connectivity index (χ1n) is 8.11. The van der Waals surface area contributed by atoms with Crippen LogP contribution in [0.2, 0.25) is 0 Å². The van der Waals surface area contributed by atoms with Gasteiger partial charge in [0.1, 0.15) is 5.82 Å². The molecular formula is C17H24N2O2. The highest BCUT2D eigenvalue weighted by Crippen LogP contribution is 2.38. The van der Waals surface area contributed by atoms with Gasteiger partial charge in [0.05, 0.1) is 5.56 Å². The highest BCUT2D eigenvalue weighted by molar-refractivity contribution is 5.87. The van der Waals surface area contributed by atoms with Crippen molar-refractivity contribution in [3.8, 4) is 0 Å². The number of pyridine rings is 1. The maximum Gasteiger partial charge on any atom is 0.337 e. The number of rotatable bonds is 3. The lowest BCUT2D eigenvalue weighted by Gasteiger charge is -2.27. The largest absolute Gasteiger partial charge is 0.478 e. The van der Waals surface area contributed by atoms with E-state index in [9.17, 15) is 4.79 Å². The molecule has 1 aromatic rings. The average molecular weight is 288 g/mol. The van der Waals surface area contributed by atoms with Gasteiger partial charge in [-0.25, -0.2) is 9.78 Å². The van der Waals surface area contributed by atoms with Crippen LogP contribution >= 0.6 is 0 Å². The van der Waals surface area contributed by atoms with E-state index in [0.29, 0.717) is 6.04 Å². The molecule has 0 aromatic carbocycles. The van der Waals surface area contributed by atoms with Crippen LogP contribution in [-0.2, 0) is 0 Å². The number of carboxylic acid groups (broad SMARTS) is 1. The highest BCUT2D eigenvalue weighted by Gasteiger charge is 2.35. The first-order valence-corrected chi connectivity index (χ1v) is 8.11. The Balaban J connectivity index is 1.69. The van der Waals surface area contributed by atoms with Gasteiger partial charge in [-0.3, -0.25) is 0 Å². The number of carbonyl (C=O) groups is 1. The van der Waals surface area contributed by atoms with Crippen LogP contribution in [0.5, 0.6) is 0 Å². The van der Waals surface area contributed by atoms with E-state index >= 15 is 0 Å². The molecule has 114 valence electrons. The van der Waals surface area contributed by atoms with Crippen LogP contribution in [-0.4, -0.2) is 28.6 Å². The monoisotopic (exact) mass is 288 g/mol. The fourth-order valence-electron chi connectivity index (χ4n) is 4.02. The van der Waals surface area contributed by atoms with Crippen LogP contribution in [0, 0.1) is 11.8 Å². The van der Waals surface area contributed by atoms with Crippen molar-refractivity contribution in [2.75, 3.05) is 11.4 Å². The summed E-state index contributed by atoms with van der Waals surface area (Å²) in [5, 5.41) is 8.95. The number of hydrogen-bond acceptors (Lipinski definition) is 3. The zero-order valence-corrected chi connectivity index (χ0v) is 12.7. The summed E-state index contributed by atoms with van der Waals surface area (Å²) in [6, 6.07) is 4.01. The highest BCUT2D eigenvalue weighted by atomic mass is 16.4. The lowest BCUT2D eigenvalue weighted by Crippen LogP contribution is -2.28. The van der Waals surface area contributed by atoms with Crippen LogP contribution in [0.25, 0.3) is 0 Å². The zero-order valence-electron chi connectivity index (χ0n) is 12.7. The molecule has 2 aliphatic rings. The molecule has 1 saturated carbocycles. The maximum atomic E-state index is 10.9. The minimum atomic E-state index is -0.913. The van der Waals surface area contributed by atoms with Crippen molar-refractivity contribution in [3.63, 3.8) is 0 Å². The summed E-state index contributed by atoms with van der Waals surface area (Å²) >= 11 is 0. The lowest BCUT2D eigenvalue weighted by atomic mass is 9.79. The Morgan fingerprint density at radius 2 is 2.00 bits per heavy atom. The third-order valence-corrected chi connectivity index (χ3v) is 5.21. The second-order valence-electron chi connectivity index (χ2n) is 6.61. The van der Waals surface area contributed by atoms with Gasteiger partial charge in [0.15, 0.2) is 0 Å². The van der Waals surface area contributed by atoms with Crippen LogP contribution in [0.15, 0.2) is 18.3 Å². The molecule has 0 spiro atoms. The van der Waals surface area contributed by atoms with Crippen molar-refractivity contribution in [2.24, 2.45) is 11.8 Å². The molecule has 2 atom stereocenters. The lowest BCUT2D eigenvalue weighted by molar-refractivity contribution is 0.0696. The minimum Gasteiger partial charge on any atom is -0.478 e.